The number of esters is 1. The summed E-state index contributed by atoms with van der Waals surface area (Å²) in [6, 6.07) is 6.37. The molecule has 1 aromatic rings. The van der Waals surface area contributed by atoms with Crippen LogP contribution in [0.3, 0.4) is 0 Å². The van der Waals surface area contributed by atoms with E-state index in [4.69, 9.17) is 0 Å². The average Bonchev–Trinajstić information content (AvgIpc) is 2.98. The second-order valence-corrected chi connectivity index (χ2v) is 4.65. The maximum Gasteiger partial charge on any atom is 0.339 e. The molecule has 5 heteroatoms. The Labute approximate surface area is 118 Å². The first-order valence-electron chi connectivity index (χ1n) is 6.63. The van der Waals surface area contributed by atoms with Gasteiger partial charge in [0.1, 0.15) is 0 Å². The van der Waals surface area contributed by atoms with Crippen molar-refractivity contribution in [3.05, 3.63) is 41.6 Å². The van der Waals surface area contributed by atoms with Gasteiger partial charge in [-0.25, -0.2) is 9.59 Å². The molecule has 0 saturated heterocycles. The number of carbonyl (C=O) groups is 2. The highest BCUT2D eigenvalue weighted by Crippen LogP contribution is 2.22. The van der Waals surface area contributed by atoms with E-state index in [1.165, 1.54) is 25.5 Å². The van der Waals surface area contributed by atoms with E-state index in [0.29, 0.717) is 11.3 Å². The van der Waals surface area contributed by atoms with Crippen LogP contribution in [-0.2, 0) is 4.74 Å². The van der Waals surface area contributed by atoms with Crippen molar-refractivity contribution in [1.82, 2.24) is 5.32 Å². The molecule has 1 aromatic carbocycles. The van der Waals surface area contributed by atoms with Crippen molar-refractivity contribution in [3.63, 3.8) is 0 Å². The van der Waals surface area contributed by atoms with Crippen LogP contribution in [0.5, 0.6) is 0 Å². The summed E-state index contributed by atoms with van der Waals surface area (Å²) in [5.74, 6) is -0.477. The first kappa shape index (κ1) is 14.1. The zero-order valence-corrected chi connectivity index (χ0v) is 11.4. The van der Waals surface area contributed by atoms with Crippen molar-refractivity contribution < 1.29 is 14.3 Å². The number of methoxy groups -OCH3 is 1. The number of anilines is 1. The van der Waals surface area contributed by atoms with Gasteiger partial charge in [-0.3, -0.25) is 0 Å². The molecule has 1 saturated carbocycles. The molecule has 2 N–H and O–H groups in total. The van der Waals surface area contributed by atoms with Crippen molar-refractivity contribution in [3.8, 4) is 0 Å². The Hall–Kier alpha value is -2.30. The van der Waals surface area contributed by atoms with Crippen LogP contribution in [0.25, 0.3) is 0 Å². The van der Waals surface area contributed by atoms with Crippen molar-refractivity contribution in [2.45, 2.75) is 25.7 Å². The molecule has 0 heterocycles. The number of hydrogen-bond acceptors (Lipinski definition) is 3. The average molecular weight is 274 g/mol. The lowest BCUT2D eigenvalue weighted by atomic mass is 10.2. The van der Waals surface area contributed by atoms with Gasteiger partial charge < -0.3 is 15.4 Å². The standard InChI is InChI=1S/C15H18N2O3/c1-20-14(18)12-8-4-5-9-13(12)17-15(19)16-10-11-6-2-3-7-11/h4-5,8-10H,2-3,6-7H2,1H3,(H2,16,17,19). The quantitative estimate of drug-likeness (QED) is 0.832. The predicted octanol–water partition coefficient (Wildman–Crippen LogP) is 3.05. The summed E-state index contributed by atoms with van der Waals surface area (Å²) in [5, 5.41) is 5.35. The molecule has 0 aliphatic heterocycles. The minimum absolute atomic E-state index is 0.332. The summed E-state index contributed by atoms with van der Waals surface area (Å²) in [5.41, 5.74) is 2.02. The van der Waals surface area contributed by atoms with Crippen LogP contribution in [0, 0.1) is 0 Å². The van der Waals surface area contributed by atoms with E-state index >= 15 is 0 Å². The van der Waals surface area contributed by atoms with Gasteiger partial charge in [-0.2, -0.15) is 0 Å². The van der Waals surface area contributed by atoms with Crippen LogP contribution >= 0.6 is 0 Å². The molecule has 1 aliphatic carbocycles. The lowest BCUT2D eigenvalue weighted by Gasteiger charge is -2.09. The Morgan fingerprint density at radius 1 is 1.20 bits per heavy atom. The van der Waals surface area contributed by atoms with Gasteiger partial charge in [0, 0.05) is 6.20 Å². The number of para-hydroxylation sites is 1. The molecule has 106 valence electrons. The first-order chi connectivity index (χ1) is 9.70. The van der Waals surface area contributed by atoms with Crippen LogP contribution in [0.15, 0.2) is 36.0 Å². The summed E-state index contributed by atoms with van der Waals surface area (Å²) >= 11 is 0. The third kappa shape index (κ3) is 3.60. The van der Waals surface area contributed by atoms with Gasteiger partial charge in [-0.15, -0.1) is 0 Å². The number of urea groups is 1. The number of hydrogen-bond donors (Lipinski definition) is 2. The molecular weight excluding hydrogens is 256 g/mol. The number of carbonyl (C=O) groups excluding carboxylic acids is 2. The Morgan fingerprint density at radius 2 is 1.90 bits per heavy atom. The van der Waals surface area contributed by atoms with Gasteiger partial charge in [0.2, 0.25) is 0 Å². The van der Waals surface area contributed by atoms with Crippen LogP contribution in [-0.4, -0.2) is 19.1 Å². The topological polar surface area (TPSA) is 67.4 Å². The number of allylic oxidation sites excluding steroid dienone is 1. The number of amides is 2. The lowest BCUT2D eigenvalue weighted by molar-refractivity contribution is 0.0602. The molecule has 0 atom stereocenters. The van der Waals surface area contributed by atoms with Crippen LogP contribution in [0.4, 0.5) is 10.5 Å². The molecule has 2 rings (SSSR count). The summed E-state index contributed by atoms with van der Waals surface area (Å²) in [6.45, 7) is 0. The van der Waals surface area contributed by atoms with Gasteiger partial charge in [0.15, 0.2) is 0 Å². The maximum absolute atomic E-state index is 11.8. The smallest absolute Gasteiger partial charge is 0.339 e. The normalized spacial score (nSPS) is 13.8. The van der Waals surface area contributed by atoms with Gasteiger partial charge in [0.05, 0.1) is 18.4 Å². The van der Waals surface area contributed by atoms with E-state index in [-0.39, 0.29) is 6.03 Å². The minimum atomic E-state index is -0.477. The molecular formula is C15H18N2O3. The fraction of sp³-hybridized carbons (Fsp3) is 0.333. The van der Waals surface area contributed by atoms with Gasteiger partial charge >= 0.3 is 12.0 Å². The monoisotopic (exact) mass is 274 g/mol. The third-order valence-electron chi connectivity index (χ3n) is 3.23. The van der Waals surface area contributed by atoms with Crippen molar-refractivity contribution in [2.75, 3.05) is 12.4 Å². The van der Waals surface area contributed by atoms with Crippen LogP contribution in [0.2, 0.25) is 0 Å². The lowest BCUT2D eigenvalue weighted by Crippen LogP contribution is -2.25. The van der Waals surface area contributed by atoms with E-state index in [9.17, 15) is 9.59 Å². The Bertz CT molecular complexity index is 530. The maximum atomic E-state index is 11.8. The molecule has 0 spiro atoms. The summed E-state index contributed by atoms with van der Waals surface area (Å²) in [4.78, 5) is 23.4. The molecule has 0 radical (unpaired) electrons. The third-order valence-corrected chi connectivity index (χ3v) is 3.23. The molecule has 20 heavy (non-hydrogen) atoms. The van der Waals surface area contributed by atoms with Crippen molar-refractivity contribution in [2.24, 2.45) is 0 Å². The highest BCUT2D eigenvalue weighted by Gasteiger charge is 2.13. The molecule has 0 unspecified atom stereocenters. The van der Waals surface area contributed by atoms with Crippen molar-refractivity contribution >= 4 is 17.7 Å². The number of nitrogens with one attached hydrogen (secondary N) is 2. The van der Waals surface area contributed by atoms with E-state index in [1.807, 2.05) is 0 Å². The van der Waals surface area contributed by atoms with E-state index in [2.05, 4.69) is 15.4 Å². The number of rotatable bonds is 3. The summed E-state index contributed by atoms with van der Waals surface area (Å²) in [6.07, 6.45) is 6.20. The van der Waals surface area contributed by atoms with Crippen LogP contribution in [0.1, 0.15) is 36.0 Å². The second-order valence-electron chi connectivity index (χ2n) is 4.65. The minimum Gasteiger partial charge on any atom is -0.465 e. The molecule has 0 aromatic heterocycles. The van der Waals surface area contributed by atoms with Gasteiger partial charge in [-0.1, -0.05) is 17.7 Å². The molecule has 2 amide bonds. The fourth-order valence-electron chi connectivity index (χ4n) is 2.18. The molecule has 0 bridgehead atoms. The van der Waals surface area contributed by atoms with Crippen molar-refractivity contribution in [1.29, 1.82) is 0 Å². The van der Waals surface area contributed by atoms with E-state index < -0.39 is 5.97 Å². The Balaban J connectivity index is 2.00. The Morgan fingerprint density at radius 3 is 2.60 bits per heavy atom. The SMILES string of the molecule is COC(=O)c1ccccc1NC(=O)NC=C1CCCC1. The Kier molecular flexibility index (Phi) is 4.76. The first-order valence-corrected chi connectivity index (χ1v) is 6.63. The summed E-state index contributed by atoms with van der Waals surface area (Å²) < 4.78 is 4.68. The molecule has 1 aliphatic rings. The van der Waals surface area contributed by atoms with E-state index in [1.54, 1.807) is 30.5 Å². The van der Waals surface area contributed by atoms with Gasteiger partial charge in [-0.05, 0) is 37.8 Å². The fourth-order valence-corrected chi connectivity index (χ4v) is 2.18. The number of benzene rings is 1. The predicted molar refractivity (Wildman–Crippen MR) is 76.5 cm³/mol. The zero-order chi connectivity index (χ0) is 14.4. The van der Waals surface area contributed by atoms with Gasteiger partial charge in [0.25, 0.3) is 0 Å². The largest absolute Gasteiger partial charge is 0.465 e. The zero-order valence-electron chi connectivity index (χ0n) is 11.4. The van der Waals surface area contributed by atoms with E-state index in [0.717, 1.165) is 12.8 Å². The highest BCUT2D eigenvalue weighted by molar-refractivity contribution is 6.00. The van der Waals surface area contributed by atoms with Crippen LogP contribution < -0.4 is 10.6 Å². The number of ether oxygens (including phenoxy) is 1. The molecule has 1 fully saturated rings. The molecule has 5 nitrogen and oxygen atoms in total. The second kappa shape index (κ2) is 6.75. The summed E-state index contributed by atoms with van der Waals surface area (Å²) in [7, 11) is 1.31. The highest BCUT2D eigenvalue weighted by atomic mass is 16.5.